The van der Waals surface area contributed by atoms with Crippen LogP contribution in [0.5, 0.6) is 0 Å². The van der Waals surface area contributed by atoms with Crippen molar-refractivity contribution in [3.8, 4) is 11.4 Å². The van der Waals surface area contributed by atoms with Crippen molar-refractivity contribution in [2.24, 2.45) is 0 Å². The summed E-state index contributed by atoms with van der Waals surface area (Å²) in [4.78, 5) is 4.73. The van der Waals surface area contributed by atoms with Crippen molar-refractivity contribution in [3.63, 3.8) is 0 Å². The fraction of sp³-hybridized carbons (Fsp3) is 0.429. The maximum atomic E-state index is 11.4. The summed E-state index contributed by atoms with van der Waals surface area (Å²) in [6.45, 7) is 1.93. The van der Waals surface area contributed by atoms with E-state index in [9.17, 15) is 8.42 Å². The zero-order valence-electron chi connectivity index (χ0n) is 11.7. The van der Waals surface area contributed by atoms with Crippen LogP contribution in [0.3, 0.4) is 0 Å². The number of rotatable bonds is 3. The van der Waals surface area contributed by atoms with Gasteiger partial charge in [0.1, 0.15) is 0 Å². The molecule has 7 heteroatoms. The number of hydrogen-bond acceptors (Lipinski definition) is 6. The molecule has 0 atom stereocenters. The molecule has 0 amide bonds. The van der Waals surface area contributed by atoms with Gasteiger partial charge in [0.05, 0.1) is 4.90 Å². The number of aromatic nitrogens is 2. The molecule has 1 aromatic carbocycles. The highest BCUT2D eigenvalue weighted by Crippen LogP contribution is 2.26. The first-order chi connectivity index (χ1) is 10.0. The highest BCUT2D eigenvalue weighted by atomic mass is 32.2. The van der Waals surface area contributed by atoms with Crippen molar-refractivity contribution >= 4 is 9.84 Å². The molecule has 1 aliphatic rings. The minimum atomic E-state index is -3.18. The molecular formula is C14H17N3O3S. The van der Waals surface area contributed by atoms with Gasteiger partial charge in [-0.1, -0.05) is 5.16 Å². The molecule has 1 fully saturated rings. The quantitative estimate of drug-likeness (QED) is 0.927. The summed E-state index contributed by atoms with van der Waals surface area (Å²) in [6.07, 6.45) is 3.18. The Morgan fingerprint density at radius 3 is 2.48 bits per heavy atom. The normalized spacial score (nSPS) is 17.0. The van der Waals surface area contributed by atoms with Gasteiger partial charge in [-0.25, -0.2) is 8.42 Å². The average Bonchev–Trinajstić information content (AvgIpc) is 2.97. The Hall–Kier alpha value is -1.73. The molecule has 6 nitrogen and oxygen atoms in total. The Bertz CT molecular complexity index is 716. The third-order valence-electron chi connectivity index (χ3n) is 3.67. The van der Waals surface area contributed by atoms with Crippen LogP contribution in [0, 0.1) is 0 Å². The van der Waals surface area contributed by atoms with Gasteiger partial charge >= 0.3 is 0 Å². The Labute approximate surface area is 123 Å². The molecule has 0 spiro atoms. The lowest BCUT2D eigenvalue weighted by Gasteiger charge is -2.18. The third-order valence-corrected chi connectivity index (χ3v) is 4.80. The largest absolute Gasteiger partial charge is 0.339 e. The van der Waals surface area contributed by atoms with Crippen molar-refractivity contribution in [1.29, 1.82) is 0 Å². The fourth-order valence-corrected chi connectivity index (χ4v) is 3.07. The number of sulfone groups is 1. The van der Waals surface area contributed by atoms with Crippen LogP contribution in [0.1, 0.15) is 24.7 Å². The third kappa shape index (κ3) is 3.14. The summed E-state index contributed by atoms with van der Waals surface area (Å²) in [5.74, 6) is 1.48. The molecule has 0 unspecified atom stereocenters. The maximum Gasteiger partial charge on any atom is 0.230 e. The SMILES string of the molecule is CS(=O)(=O)c1ccc(-c2noc(C3CCNCC3)n2)cc1. The van der Waals surface area contributed by atoms with E-state index in [0.29, 0.717) is 17.6 Å². The monoisotopic (exact) mass is 307 g/mol. The van der Waals surface area contributed by atoms with E-state index >= 15 is 0 Å². The topological polar surface area (TPSA) is 85.1 Å². The van der Waals surface area contributed by atoms with E-state index in [2.05, 4.69) is 15.5 Å². The summed E-state index contributed by atoms with van der Waals surface area (Å²) in [5.41, 5.74) is 0.756. The van der Waals surface area contributed by atoms with E-state index in [4.69, 9.17) is 4.52 Å². The van der Waals surface area contributed by atoms with Crippen LogP contribution >= 0.6 is 0 Å². The average molecular weight is 307 g/mol. The van der Waals surface area contributed by atoms with Gasteiger partial charge in [-0.15, -0.1) is 0 Å². The van der Waals surface area contributed by atoms with Gasteiger partial charge in [0.2, 0.25) is 11.7 Å². The predicted molar refractivity (Wildman–Crippen MR) is 77.7 cm³/mol. The van der Waals surface area contributed by atoms with E-state index in [1.54, 1.807) is 24.3 Å². The van der Waals surface area contributed by atoms with Gasteiger partial charge in [0.15, 0.2) is 9.84 Å². The molecule has 1 aliphatic heterocycles. The lowest BCUT2D eigenvalue weighted by molar-refractivity contribution is 0.320. The van der Waals surface area contributed by atoms with Crippen LogP contribution in [-0.2, 0) is 9.84 Å². The van der Waals surface area contributed by atoms with Gasteiger partial charge in [0, 0.05) is 17.7 Å². The minimum absolute atomic E-state index is 0.285. The van der Waals surface area contributed by atoms with Gasteiger partial charge in [-0.2, -0.15) is 4.98 Å². The van der Waals surface area contributed by atoms with Crippen LogP contribution in [0.25, 0.3) is 11.4 Å². The zero-order chi connectivity index (χ0) is 14.9. The van der Waals surface area contributed by atoms with E-state index in [1.165, 1.54) is 6.26 Å². The number of benzene rings is 1. The summed E-state index contributed by atoms with van der Waals surface area (Å²) in [7, 11) is -3.18. The molecule has 0 saturated carbocycles. The van der Waals surface area contributed by atoms with Crippen LogP contribution in [0.4, 0.5) is 0 Å². The Morgan fingerprint density at radius 2 is 1.86 bits per heavy atom. The number of hydrogen-bond donors (Lipinski definition) is 1. The maximum absolute atomic E-state index is 11.4. The highest BCUT2D eigenvalue weighted by Gasteiger charge is 2.21. The Kier molecular flexibility index (Phi) is 3.77. The second-order valence-electron chi connectivity index (χ2n) is 5.28. The number of nitrogens with zero attached hydrogens (tertiary/aromatic N) is 2. The molecule has 21 heavy (non-hydrogen) atoms. The van der Waals surface area contributed by atoms with Crippen LogP contribution in [-0.4, -0.2) is 37.9 Å². The molecule has 0 aliphatic carbocycles. The van der Waals surface area contributed by atoms with E-state index in [-0.39, 0.29) is 4.90 Å². The molecule has 1 saturated heterocycles. The molecule has 1 aromatic heterocycles. The van der Waals surface area contributed by atoms with Crippen molar-refractivity contribution in [2.45, 2.75) is 23.7 Å². The molecular weight excluding hydrogens is 290 g/mol. The van der Waals surface area contributed by atoms with Crippen LogP contribution in [0.15, 0.2) is 33.7 Å². The number of nitrogens with one attached hydrogen (secondary N) is 1. The summed E-state index contributed by atoms with van der Waals surface area (Å²) >= 11 is 0. The first-order valence-corrected chi connectivity index (χ1v) is 8.78. The number of piperidine rings is 1. The van der Waals surface area contributed by atoms with Crippen LogP contribution in [0.2, 0.25) is 0 Å². The smallest absolute Gasteiger partial charge is 0.230 e. The first-order valence-electron chi connectivity index (χ1n) is 6.89. The fourth-order valence-electron chi connectivity index (χ4n) is 2.44. The van der Waals surface area contributed by atoms with Gasteiger partial charge in [0.25, 0.3) is 0 Å². The minimum Gasteiger partial charge on any atom is -0.339 e. The lowest BCUT2D eigenvalue weighted by Crippen LogP contribution is -2.26. The van der Waals surface area contributed by atoms with Crippen molar-refractivity contribution < 1.29 is 12.9 Å². The van der Waals surface area contributed by atoms with Gasteiger partial charge in [-0.3, -0.25) is 0 Å². The van der Waals surface area contributed by atoms with E-state index in [1.807, 2.05) is 0 Å². The summed E-state index contributed by atoms with van der Waals surface area (Å²) in [5, 5.41) is 7.29. The standard InChI is InChI=1S/C14H17N3O3S/c1-21(18,19)12-4-2-10(3-5-12)13-16-14(20-17-13)11-6-8-15-9-7-11/h2-5,11,15H,6-9H2,1H3. The second kappa shape index (κ2) is 5.57. The first kappa shape index (κ1) is 14.2. The summed E-state index contributed by atoms with van der Waals surface area (Å²) in [6, 6.07) is 6.53. The highest BCUT2D eigenvalue weighted by molar-refractivity contribution is 7.90. The van der Waals surface area contributed by atoms with E-state index < -0.39 is 9.84 Å². The van der Waals surface area contributed by atoms with Gasteiger partial charge < -0.3 is 9.84 Å². The molecule has 112 valence electrons. The summed E-state index contributed by atoms with van der Waals surface area (Å²) < 4.78 is 28.2. The van der Waals surface area contributed by atoms with Crippen molar-refractivity contribution in [2.75, 3.05) is 19.3 Å². The second-order valence-corrected chi connectivity index (χ2v) is 7.29. The van der Waals surface area contributed by atoms with Crippen molar-refractivity contribution in [3.05, 3.63) is 30.2 Å². The van der Waals surface area contributed by atoms with E-state index in [0.717, 1.165) is 31.5 Å². The Balaban J connectivity index is 1.82. The molecule has 0 bridgehead atoms. The molecule has 3 rings (SSSR count). The van der Waals surface area contributed by atoms with Gasteiger partial charge in [-0.05, 0) is 50.2 Å². The zero-order valence-corrected chi connectivity index (χ0v) is 12.6. The Morgan fingerprint density at radius 1 is 1.19 bits per heavy atom. The van der Waals surface area contributed by atoms with Crippen molar-refractivity contribution in [1.82, 2.24) is 15.5 Å². The predicted octanol–water partition coefficient (Wildman–Crippen LogP) is 1.61. The molecule has 1 N–H and O–H groups in total. The van der Waals surface area contributed by atoms with Crippen LogP contribution < -0.4 is 5.32 Å². The molecule has 2 heterocycles. The molecule has 2 aromatic rings. The lowest BCUT2D eigenvalue weighted by atomic mass is 9.98. The molecule has 0 radical (unpaired) electrons.